The van der Waals surface area contributed by atoms with Gasteiger partial charge in [0.25, 0.3) is 0 Å². The monoisotopic (exact) mass is 272 g/mol. The Morgan fingerprint density at radius 3 is 1.07 bits per heavy atom. The smallest absolute Gasteiger partial charge is 0.479 e. The van der Waals surface area contributed by atoms with E-state index in [1.807, 2.05) is 0 Å². The van der Waals surface area contributed by atoms with Crippen LogP contribution in [0.1, 0.15) is 13.8 Å². The van der Waals surface area contributed by atoms with Crippen LogP contribution in [0.2, 0.25) is 0 Å². The van der Waals surface area contributed by atoms with Crippen LogP contribution in [0.3, 0.4) is 0 Å². The molecule has 0 aliphatic rings. The van der Waals surface area contributed by atoms with Gasteiger partial charge >= 0.3 is 31.4 Å². The molecule has 2 atom stereocenters. The van der Waals surface area contributed by atoms with Crippen molar-refractivity contribution in [3.8, 4) is 0 Å². The van der Waals surface area contributed by atoms with E-state index in [-0.39, 0.29) is 19.5 Å². The fraction of sp³-hybridized carbons (Fsp3) is 0.500. The van der Waals surface area contributed by atoms with Crippen molar-refractivity contribution in [2.24, 2.45) is 0 Å². The van der Waals surface area contributed by atoms with Gasteiger partial charge in [0, 0.05) is 0 Å². The van der Waals surface area contributed by atoms with Crippen LogP contribution in [-0.2, 0) is 29.1 Å². The summed E-state index contributed by atoms with van der Waals surface area (Å²) in [5.41, 5.74) is 0. The quantitative estimate of drug-likeness (QED) is 0.409. The Bertz CT molecular complexity index is 143. The van der Waals surface area contributed by atoms with E-state index in [0.29, 0.717) is 0 Å². The van der Waals surface area contributed by atoms with Gasteiger partial charge in [0.2, 0.25) is 0 Å². The molecule has 6 nitrogen and oxygen atoms in total. The minimum Gasteiger partial charge on any atom is -0.479 e. The molecule has 86 valence electrons. The molecule has 0 heterocycles. The van der Waals surface area contributed by atoms with Gasteiger partial charge in [-0.3, -0.25) is 0 Å². The van der Waals surface area contributed by atoms with Gasteiger partial charge < -0.3 is 34.3 Å². The Morgan fingerprint density at radius 2 is 1.00 bits per heavy atom. The van der Waals surface area contributed by atoms with Gasteiger partial charge in [-0.25, -0.2) is 9.59 Å². The number of hydrogen-bond donors (Lipinski definition) is 4. The molecule has 7 heteroatoms. The van der Waals surface area contributed by atoms with Gasteiger partial charge in [0.05, 0.1) is 0 Å². The maximum atomic E-state index is 9.77. The topological polar surface area (TPSA) is 115 Å². The summed E-state index contributed by atoms with van der Waals surface area (Å²) in [6.45, 7) is 10.0. The van der Waals surface area contributed by atoms with Crippen molar-refractivity contribution >= 4 is 11.9 Å². The van der Waals surface area contributed by atoms with Gasteiger partial charge in [-0.1, -0.05) is 0 Å². The molecule has 0 aromatic carbocycles. The first-order valence-electron chi connectivity index (χ1n) is 3.70. The van der Waals surface area contributed by atoms with Gasteiger partial charge in [-0.15, -0.1) is 0 Å². The Kier molecular flexibility index (Phi) is 25.5. The number of aliphatic hydroxyl groups excluding tert-OH is 2. The molecule has 0 aromatic rings. The van der Waals surface area contributed by atoms with E-state index in [9.17, 15) is 9.59 Å². The van der Waals surface area contributed by atoms with Crippen molar-refractivity contribution < 1.29 is 49.5 Å². The summed E-state index contributed by atoms with van der Waals surface area (Å²) < 4.78 is 0. The van der Waals surface area contributed by atoms with Gasteiger partial charge in [0.1, 0.15) is 0 Å². The van der Waals surface area contributed by atoms with E-state index in [0.717, 1.165) is 0 Å². The third-order valence-electron chi connectivity index (χ3n) is 0.805. The first-order chi connectivity index (χ1) is 6.46. The van der Waals surface area contributed by atoms with Gasteiger partial charge in [0.15, 0.2) is 12.2 Å². The molecule has 0 saturated heterocycles. The molecule has 15 heavy (non-hydrogen) atoms. The van der Waals surface area contributed by atoms with Crippen LogP contribution in [0.5, 0.6) is 0 Å². The second-order valence-electron chi connectivity index (χ2n) is 1.57. The van der Waals surface area contributed by atoms with E-state index in [2.05, 4.69) is 13.8 Å². The van der Waals surface area contributed by atoms with E-state index < -0.39 is 24.1 Å². The van der Waals surface area contributed by atoms with Crippen LogP contribution in [-0.4, -0.2) is 44.6 Å². The summed E-state index contributed by atoms with van der Waals surface area (Å²) in [7, 11) is 0. The number of carboxylic acid groups (broad SMARTS) is 2. The molecule has 0 radical (unpaired) electrons. The number of rotatable bonds is 3. The normalized spacial score (nSPS) is 11.3. The van der Waals surface area contributed by atoms with Crippen LogP contribution in [0.15, 0.2) is 0 Å². The predicted molar refractivity (Wildman–Crippen MR) is 49.3 cm³/mol. The van der Waals surface area contributed by atoms with Crippen molar-refractivity contribution in [1.82, 2.24) is 0 Å². The summed E-state index contributed by atoms with van der Waals surface area (Å²) in [5, 5.41) is 32.5. The van der Waals surface area contributed by atoms with Crippen LogP contribution in [0.4, 0.5) is 0 Å². The summed E-state index contributed by atoms with van der Waals surface area (Å²) in [6, 6.07) is 0. The Morgan fingerprint density at radius 1 is 0.867 bits per heavy atom. The zero-order valence-electron chi connectivity index (χ0n) is 8.88. The molecular formula is C8H16O6Zn. The van der Waals surface area contributed by atoms with Crippen LogP contribution < -0.4 is 0 Å². The minimum absolute atomic E-state index is 0. The van der Waals surface area contributed by atoms with Crippen molar-refractivity contribution in [3.05, 3.63) is 13.8 Å². The van der Waals surface area contributed by atoms with E-state index in [1.165, 1.54) is 0 Å². The van der Waals surface area contributed by atoms with Crippen LogP contribution >= 0.6 is 0 Å². The average molecular weight is 274 g/mol. The minimum atomic E-state index is -2.27. The Balaban J connectivity index is -0.000000107. The third kappa shape index (κ3) is 13.5. The number of carbonyl (C=O) groups is 2. The number of aliphatic hydroxyl groups is 2. The van der Waals surface area contributed by atoms with E-state index in [4.69, 9.17) is 20.4 Å². The van der Waals surface area contributed by atoms with Crippen LogP contribution in [0.25, 0.3) is 0 Å². The largest absolute Gasteiger partial charge is 2.00 e. The van der Waals surface area contributed by atoms with Crippen molar-refractivity contribution in [3.63, 3.8) is 0 Å². The summed E-state index contributed by atoms with van der Waals surface area (Å²) in [4.78, 5) is 19.5. The molecule has 0 bridgehead atoms. The molecule has 0 rings (SSSR count). The summed E-state index contributed by atoms with van der Waals surface area (Å²) in [5.74, 6) is -3.54. The predicted octanol–water partition coefficient (Wildman–Crippen LogP) is -0.444. The number of carboxylic acids is 2. The number of aliphatic carboxylic acids is 2. The van der Waals surface area contributed by atoms with E-state index in [1.54, 1.807) is 13.8 Å². The summed E-state index contributed by atoms with van der Waals surface area (Å²) >= 11 is 0. The second-order valence-corrected chi connectivity index (χ2v) is 1.57. The zero-order valence-corrected chi connectivity index (χ0v) is 11.8. The second kappa shape index (κ2) is 15.9. The van der Waals surface area contributed by atoms with Crippen LogP contribution in [0, 0.1) is 13.8 Å². The molecular weight excluding hydrogens is 257 g/mol. The third-order valence-corrected chi connectivity index (χ3v) is 0.805. The SMILES string of the molecule is O=C(O)C(O)C(O)C(=O)O.[CH2-]C.[CH2-]C.[Zn+2]. The Labute approximate surface area is 102 Å². The van der Waals surface area contributed by atoms with Crippen molar-refractivity contribution in [2.75, 3.05) is 0 Å². The molecule has 0 aromatic heterocycles. The molecule has 4 N–H and O–H groups in total. The summed E-state index contributed by atoms with van der Waals surface area (Å²) in [6.07, 6.45) is -4.53. The molecule has 0 aliphatic carbocycles. The molecule has 0 fully saturated rings. The number of hydrogen-bond acceptors (Lipinski definition) is 4. The standard InChI is InChI=1S/C4H6O6.2C2H5.Zn/c5-1(3(7)8)2(6)4(9)10;2*1-2;/h1-2,5-6H,(H,7,8)(H,9,10);2*1H2,2H3;/q;2*-1;+2. The first kappa shape index (κ1) is 24.0. The molecule has 0 amide bonds. The van der Waals surface area contributed by atoms with Crippen molar-refractivity contribution in [2.45, 2.75) is 26.1 Å². The maximum absolute atomic E-state index is 9.77. The molecule has 0 spiro atoms. The Hall–Kier alpha value is -0.517. The van der Waals surface area contributed by atoms with Gasteiger partial charge in [-0.2, -0.15) is 13.8 Å². The fourth-order valence-corrected chi connectivity index (χ4v) is 0.270. The molecule has 0 aliphatic heterocycles. The fourth-order valence-electron chi connectivity index (χ4n) is 0.270. The molecule has 2 unspecified atom stereocenters. The van der Waals surface area contributed by atoms with Crippen molar-refractivity contribution in [1.29, 1.82) is 0 Å². The zero-order chi connectivity index (χ0) is 12.3. The maximum Gasteiger partial charge on any atom is 2.00 e. The van der Waals surface area contributed by atoms with Gasteiger partial charge in [-0.05, 0) is 0 Å². The molecule has 0 saturated carbocycles. The van der Waals surface area contributed by atoms with E-state index >= 15 is 0 Å². The average Bonchev–Trinajstić information content (AvgIpc) is 2.21. The first-order valence-corrected chi connectivity index (χ1v) is 3.70.